The van der Waals surface area contributed by atoms with E-state index in [9.17, 15) is 0 Å². The summed E-state index contributed by atoms with van der Waals surface area (Å²) in [6.07, 6.45) is 0. The van der Waals surface area contributed by atoms with E-state index in [1.54, 1.807) is 0 Å². The molecule has 0 saturated carbocycles. The second kappa shape index (κ2) is 9.50. The monoisotopic (exact) mass is 649 g/mol. The van der Waals surface area contributed by atoms with E-state index in [0.717, 1.165) is 0 Å². The molecule has 0 N–H and O–H groups in total. The molecular formula is C47H32BN3. The first-order valence-corrected chi connectivity index (χ1v) is 18.0. The molecule has 0 spiro atoms. The van der Waals surface area contributed by atoms with Gasteiger partial charge in [0.1, 0.15) is 0 Å². The fourth-order valence-electron chi connectivity index (χ4n) is 10.1. The zero-order chi connectivity index (χ0) is 33.6. The SMILES string of the molecule is CC1(C)C2=C(B3c4c(cccc4N2c2ccccc2)-c2c4c5ccccc5n(-c5ccccc5)c4cc4c5ccccc5n3c24)c2ccccc21. The Hall–Kier alpha value is -6.26. The third kappa shape index (κ3) is 3.27. The number of fused-ring (bicyclic) bond motifs is 12. The van der Waals surface area contributed by atoms with Gasteiger partial charge in [-0.05, 0) is 76.2 Å². The molecule has 0 radical (unpaired) electrons. The molecule has 238 valence electrons. The average molecular weight is 650 g/mol. The lowest BCUT2D eigenvalue weighted by atomic mass is 9.43. The summed E-state index contributed by atoms with van der Waals surface area (Å²) in [7, 11) is 0. The maximum absolute atomic E-state index is 2.72. The number of hydrogen-bond donors (Lipinski definition) is 0. The van der Waals surface area contributed by atoms with Gasteiger partial charge in [-0.1, -0.05) is 123 Å². The van der Waals surface area contributed by atoms with Gasteiger partial charge in [0.15, 0.2) is 0 Å². The van der Waals surface area contributed by atoms with Crippen LogP contribution in [0.4, 0.5) is 11.4 Å². The van der Waals surface area contributed by atoms with Gasteiger partial charge in [0.2, 0.25) is 0 Å². The highest BCUT2D eigenvalue weighted by atomic mass is 15.2. The van der Waals surface area contributed by atoms with E-state index in [2.05, 4.69) is 186 Å². The Morgan fingerprint density at radius 3 is 1.98 bits per heavy atom. The quantitative estimate of drug-likeness (QED) is 0.170. The Kier molecular flexibility index (Phi) is 5.13. The van der Waals surface area contributed by atoms with Gasteiger partial charge >= 0.3 is 6.85 Å². The Labute approximate surface area is 296 Å². The Balaban J connectivity index is 1.33. The van der Waals surface area contributed by atoms with Crippen molar-refractivity contribution in [1.29, 1.82) is 0 Å². The van der Waals surface area contributed by atoms with Crippen molar-refractivity contribution in [1.82, 2.24) is 9.05 Å². The normalized spacial score (nSPS) is 15.3. The first-order chi connectivity index (χ1) is 25.1. The molecule has 9 aromatic rings. The minimum absolute atomic E-state index is 0.0175. The molecule has 2 aliphatic heterocycles. The minimum Gasteiger partial charge on any atom is -0.375 e. The van der Waals surface area contributed by atoms with Gasteiger partial charge in [-0.3, -0.25) is 0 Å². The van der Waals surface area contributed by atoms with Crippen LogP contribution in [-0.2, 0) is 5.41 Å². The maximum atomic E-state index is 2.72. The van der Waals surface area contributed by atoms with E-state index in [-0.39, 0.29) is 12.3 Å². The van der Waals surface area contributed by atoms with Crippen molar-refractivity contribution < 1.29 is 0 Å². The molecule has 3 nitrogen and oxygen atoms in total. The van der Waals surface area contributed by atoms with Crippen LogP contribution >= 0.6 is 0 Å². The van der Waals surface area contributed by atoms with E-state index < -0.39 is 0 Å². The van der Waals surface area contributed by atoms with Crippen molar-refractivity contribution in [3.8, 4) is 16.8 Å². The second-order valence-corrected chi connectivity index (χ2v) is 14.9. The van der Waals surface area contributed by atoms with Gasteiger partial charge in [0, 0.05) is 66.3 Å². The van der Waals surface area contributed by atoms with Crippen molar-refractivity contribution in [2.45, 2.75) is 19.3 Å². The average Bonchev–Trinajstić information content (AvgIpc) is 3.77. The molecule has 12 rings (SSSR count). The summed E-state index contributed by atoms with van der Waals surface area (Å²) < 4.78 is 5.19. The Bertz CT molecular complexity index is 3000. The Morgan fingerprint density at radius 1 is 0.529 bits per heavy atom. The summed E-state index contributed by atoms with van der Waals surface area (Å²) in [5, 5.41) is 5.20. The van der Waals surface area contributed by atoms with Gasteiger partial charge < -0.3 is 13.9 Å². The van der Waals surface area contributed by atoms with Crippen LogP contribution in [-0.4, -0.2) is 15.9 Å². The van der Waals surface area contributed by atoms with E-state index in [1.165, 1.54) is 99.6 Å². The third-order valence-electron chi connectivity index (χ3n) is 12.0. The van der Waals surface area contributed by atoms with Crippen LogP contribution in [0.15, 0.2) is 163 Å². The highest BCUT2D eigenvalue weighted by Crippen LogP contribution is 2.57. The third-order valence-corrected chi connectivity index (χ3v) is 12.0. The zero-order valence-electron chi connectivity index (χ0n) is 28.4. The molecule has 0 amide bonds. The summed E-state index contributed by atoms with van der Waals surface area (Å²) >= 11 is 0. The van der Waals surface area contributed by atoms with Crippen molar-refractivity contribution in [2.24, 2.45) is 0 Å². The highest BCUT2D eigenvalue weighted by Gasteiger charge is 2.52. The zero-order valence-corrected chi connectivity index (χ0v) is 28.4. The molecule has 51 heavy (non-hydrogen) atoms. The summed E-state index contributed by atoms with van der Waals surface area (Å²) in [6, 6.07) is 58.6. The number of rotatable bonds is 2. The maximum Gasteiger partial charge on any atom is 0.333 e. The van der Waals surface area contributed by atoms with E-state index in [0.29, 0.717) is 0 Å². The molecular weight excluding hydrogens is 617 g/mol. The lowest BCUT2D eigenvalue weighted by Gasteiger charge is -2.43. The summed E-state index contributed by atoms with van der Waals surface area (Å²) in [5.41, 5.74) is 18.1. The fourth-order valence-corrected chi connectivity index (χ4v) is 10.1. The van der Waals surface area contributed by atoms with E-state index >= 15 is 0 Å². The van der Waals surface area contributed by atoms with Crippen LogP contribution in [0.2, 0.25) is 0 Å². The van der Waals surface area contributed by atoms with Crippen LogP contribution in [0.25, 0.3) is 65.9 Å². The molecule has 4 heteroatoms. The van der Waals surface area contributed by atoms with Crippen LogP contribution < -0.4 is 10.4 Å². The van der Waals surface area contributed by atoms with Gasteiger partial charge in [0.05, 0.1) is 11.0 Å². The predicted octanol–water partition coefficient (Wildman–Crippen LogP) is 11.0. The summed E-state index contributed by atoms with van der Waals surface area (Å²) in [4.78, 5) is 2.59. The molecule has 4 heterocycles. The summed E-state index contributed by atoms with van der Waals surface area (Å²) in [6.45, 7) is 4.85. The first-order valence-electron chi connectivity index (χ1n) is 18.0. The number of aromatic nitrogens is 2. The predicted molar refractivity (Wildman–Crippen MR) is 215 cm³/mol. The first kappa shape index (κ1) is 27.6. The molecule has 0 saturated heterocycles. The second-order valence-electron chi connectivity index (χ2n) is 14.9. The minimum atomic E-state index is -0.203. The number of hydrogen-bond acceptors (Lipinski definition) is 1. The molecule has 2 aromatic heterocycles. The van der Waals surface area contributed by atoms with Crippen LogP contribution in [0.1, 0.15) is 25.0 Å². The van der Waals surface area contributed by atoms with Crippen molar-refractivity contribution in [2.75, 3.05) is 4.90 Å². The molecule has 0 unspecified atom stereocenters. The molecule has 0 fully saturated rings. The van der Waals surface area contributed by atoms with E-state index in [1.807, 2.05) is 0 Å². The van der Waals surface area contributed by atoms with Crippen molar-refractivity contribution >= 4 is 72.8 Å². The molecule has 1 aliphatic carbocycles. The number of benzene rings is 7. The standard InChI is InChI=1S/C47H32BN3/c1-47(2)36-24-12-9-21-32(36)44-46(47)50(30-18-7-4-8-19-30)39-27-15-23-34-42-41-33-22-11-13-25-37(33)49(29-16-5-3-6-17-29)40(41)28-35-31-20-10-14-26-38(31)51(45(35)42)48(44)43(34)39/h3-28H,1-2H3. The van der Waals surface area contributed by atoms with Crippen molar-refractivity contribution in [3.63, 3.8) is 0 Å². The van der Waals surface area contributed by atoms with Crippen LogP contribution in [0, 0.1) is 0 Å². The van der Waals surface area contributed by atoms with Gasteiger partial charge in [-0.25, -0.2) is 0 Å². The molecule has 3 aliphatic rings. The largest absolute Gasteiger partial charge is 0.375 e. The van der Waals surface area contributed by atoms with Gasteiger partial charge in [-0.2, -0.15) is 0 Å². The Morgan fingerprint density at radius 2 is 1.18 bits per heavy atom. The van der Waals surface area contributed by atoms with E-state index in [4.69, 9.17) is 0 Å². The van der Waals surface area contributed by atoms with Crippen LogP contribution in [0.3, 0.4) is 0 Å². The number of nitrogens with zero attached hydrogens (tertiary/aromatic N) is 3. The van der Waals surface area contributed by atoms with Crippen molar-refractivity contribution in [3.05, 3.63) is 175 Å². The summed E-state index contributed by atoms with van der Waals surface area (Å²) in [5.74, 6) is 0. The number of anilines is 2. The lowest BCUT2D eigenvalue weighted by molar-refractivity contribution is 0.625. The molecule has 0 atom stereocenters. The topological polar surface area (TPSA) is 13.1 Å². The molecule has 0 bridgehead atoms. The van der Waals surface area contributed by atoms with Crippen LogP contribution in [0.5, 0.6) is 0 Å². The highest BCUT2D eigenvalue weighted by molar-refractivity contribution is 6.93. The fraction of sp³-hybridized carbons (Fsp3) is 0.0638. The molecule has 7 aromatic carbocycles. The smallest absolute Gasteiger partial charge is 0.333 e. The van der Waals surface area contributed by atoms with Gasteiger partial charge in [0.25, 0.3) is 0 Å². The lowest BCUT2D eigenvalue weighted by Crippen LogP contribution is -2.50. The van der Waals surface area contributed by atoms with Gasteiger partial charge in [-0.15, -0.1) is 0 Å². The number of para-hydroxylation sites is 4. The number of allylic oxidation sites excluding steroid dienone is 1.